The quantitative estimate of drug-likeness (QED) is 0.707. The SMILES string of the molecule is O=c1oc(Nc2ccccc2)nc2ccc(I)cc12. The van der Waals surface area contributed by atoms with Crippen molar-refractivity contribution in [3.05, 3.63) is 62.5 Å². The highest BCUT2D eigenvalue weighted by molar-refractivity contribution is 14.1. The lowest BCUT2D eigenvalue weighted by Crippen LogP contribution is -2.05. The number of nitrogens with one attached hydrogen (secondary N) is 1. The van der Waals surface area contributed by atoms with Crippen molar-refractivity contribution in [2.45, 2.75) is 0 Å². The van der Waals surface area contributed by atoms with Crippen molar-refractivity contribution in [1.29, 1.82) is 0 Å². The van der Waals surface area contributed by atoms with E-state index in [1.807, 2.05) is 42.5 Å². The number of aromatic nitrogens is 1. The molecule has 0 atom stereocenters. The lowest BCUT2D eigenvalue weighted by Gasteiger charge is -2.04. The minimum absolute atomic E-state index is 0.199. The Kier molecular flexibility index (Phi) is 3.20. The zero-order valence-corrected chi connectivity index (χ0v) is 11.9. The van der Waals surface area contributed by atoms with Crippen LogP contribution in [0.3, 0.4) is 0 Å². The van der Waals surface area contributed by atoms with Crippen molar-refractivity contribution >= 4 is 45.2 Å². The molecule has 0 spiro atoms. The first-order valence-corrected chi connectivity index (χ1v) is 6.73. The molecule has 0 aliphatic rings. The average Bonchev–Trinajstić information content (AvgIpc) is 2.41. The number of rotatable bonds is 2. The van der Waals surface area contributed by atoms with Crippen molar-refractivity contribution < 1.29 is 4.42 Å². The average molecular weight is 364 g/mol. The normalized spacial score (nSPS) is 10.6. The summed E-state index contributed by atoms with van der Waals surface area (Å²) in [5, 5.41) is 3.46. The summed E-state index contributed by atoms with van der Waals surface area (Å²) in [6.45, 7) is 0. The number of fused-ring (bicyclic) bond motifs is 1. The molecule has 5 heteroatoms. The maximum atomic E-state index is 11.9. The van der Waals surface area contributed by atoms with E-state index in [9.17, 15) is 4.79 Å². The van der Waals surface area contributed by atoms with Gasteiger partial charge in [-0.05, 0) is 52.9 Å². The van der Waals surface area contributed by atoms with E-state index < -0.39 is 0 Å². The van der Waals surface area contributed by atoms with Crippen LogP contribution in [0, 0.1) is 3.57 Å². The van der Waals surface area contributed by atoms with E-state index in [1.54, 1.807) is 6.07 Å². The van der Waals surface area contributed by atoms with Crippen LogP contribution in [-0.4, -0.2) is 4.98 Å². The van der Waals surface area contributed by atoms with Crippen molar-refractivity contribution in [2.75, 3.05) is 5.32 Å². The first-order valence-electron chi connectivity index (χ1n) is 5.65. The number of hydrogen-bond donors (Lipinski definition) is 1. The van der Waals surface area contributed by atoms with Crippen LogP contribution < -0.4 is 10.9 Å². The van der Waals surface area contributed by atoms with Crippen molar-refractivity contribution in [2.24, 2.45) is 0 Å². The zero-order chi connectivity index (χ0) is 13.2. The molecule has 1 aromatic heterocycles. The molecule has 0 aliphatic carbocycles. The minimum atomic E-state index is -0.387. The Labute approximate surface area is 122 Å². The molecule has 0 amide bonds. The third-order valence-corrected chi connectivity index (χ3v) is 3.29. The van der Waals surface area contributed by atoms with E-state index in [4.69, 9.17) is 4.42 Å². The fraction of sp³-hybridized carbons (Fsp3) is 0. The highest BCUT2D eigenvalue weighted by Crippen LogP contribution is 2.17. The summed E-state index contributed by atoms with van der Waals surface area (Å²) in [6.07, 6.45) is 0. The maximum absolute atomic E-state index is 11.9. The van der Waals surface area contributed by atoms with Gasteiger partial charge in [-0.3, -0.25) is 0 Å². The lowest BCUT2D eigenvalue weighted by molar-refractivity contribution is 0.522. The number of para-hydroxylation sites is 1. The molecule has 1 N–H and O–H groups in total. The summed E-state index contributed by atoms with van der Waals surface area (Å²) in [4.78, 5) is 16.2. The summed E-state index contributed by atoms with van der Waals surface area (Å²) in [5.41, 5.74) is 1.06. The number of halogens is 1. The highest BCUT2D eigenvalue weighted by Gasteiger charge is 2.06. The molecular weight excluding hydrogens is 355 g/mol. The van der Waals surface area contributed by atoms with E-state index in [0.29, 0.717) is 10.9 Å². The van der Waals surface area contributed by atoms with Crippen LogP contribution in [0.15, 0.2) is 57.7 Å². The Bertz CT molecular complexity index is 784. The molecular formula is C14H9IN2O2. The van der Waals surface area contributed by atoms with E-state index in [2.05, 4.69) is 32.9 Å². The second-order valence-electron chi connectivity index (χ2n) is 3.96. The summed E-state index contributed by atoms with van der Waals surface area (Å²) >= 11 is 2.15. The van der Waals surface area contributed by atoms with Crippen LogP contribution in [0.4, 0.5) is 11.7 Å². The molecule has 1 heterocycles. The molecule has 0 saturated heterocycles. The van der Waals surface area contributed by atoms with Crippen LogP contribution >= 0.6 is 22.6 Å². The number of anilines is 2. The van der Waals surface area contributed by atoms with Gasteiger partial charge in [0.25, 0.3) is 0 Å². The Morgan fingerprint density at radius 1 is 1.11 bits per heavy atom. The first kappa shape index (κ1) is 12.2. The van der Waals surface area contributed by atoms with Gasteiger partial charge < -0.3 is 9.73 Å². The summed E-state index contributed by atoms with van der Waals surface area (Å²) in [6, 6.07) is 15.1. The summed E-state index contributed by atoms with van der Waals surface area (Å²) in [7, 11) is 0. The second kappa shape index (κ2) is 5.00. The fourth-order valence-electron chi connectivity index (χ4n) is 1.74. The van der Waals surface area contributed by atoms with Gasteiger partial charge in [0, 0.05) is 9.26 Å². The van der Waals surface area contributed by atoms with Crippen LogP contribution in [0.5, 0.6) is 0 Å². The molecule has 0 saturated carbocycles. The Morgan fingerprint density at radius 2 is 1.89 bits per heavy atom. The van der Waals surface area contributed by atoms with E-state index in [-0.39, 0.29) is 11.6 Å². The Balaban J connectivity index is 2.07. The Hall–Kier alpha value is -1.89. The van der Waals surface area contributed by atoms with Gasteiger partial charge in [0.05, 0.1) is 10.9 Å². The van der Waals surface area contributed by atoms with Crippen molar-refractivity contribution in [1.82, 2.24) is 4.98 Å². The zero-order valence-electron chi connectivity index (χ0n) is 9.76. The van der Waals surface area contributed by atoms with Crippen LogP contribution in [0.1, 0.15) is 0 Å². The van der Waals surface area contributed by atoms with Gasteiger partial charge in [-0.1, -0.05) is 18.2 Å². The molecule has 94 valence electrons. The molecule has 0 aliphatic heterocycles. The van der Waals surface area contributed by atoms with E-state index in [1.165, 1.54) is 0 Å². The standard InChI is InChI=1S/C14H9IN2O2/c15-9-6-7-12-11(8-9)13(18)19-14(17-12)16-10-4-2-1-3-5-10/h1-8H,(H,16,17). The fourth-order valence-corrected chi connectivity index (χ4v) is 2.23. The van der Waals surface area contributed by atoms with Gasteiger partial charge in [-0.15, -0.1) is 0 Å². The van der Waals surface area contributed by atoms with Crippen LogP contribution in [0.25, 0.3) is 10.9 Å². The third-order valence-electron chi connectivity index (χ3n) is 2.61. The molecule has 4 nitrogen and oxygen atoms in total. The predicted octanol–water partition coefficient (Wildman–Crippen LogP) is 3.54. The van der Waals surface area contributed by atoms with Crippen LogP contribution in [-0.2, 0) is 0 Å². The minimum Gasteiger partial charge on any atom is -0.388 e. The Morgan fingerprint density at radius 3 is 2.68 bits per heavy atom. The smallest absolute Gasteiger partial charge is 0.348 e. The van der Waals surface area contributed by atoms with Gasteiger partial charge in [-0.25, -0.2) is 4.79 Å². The van der Waals surface area contributed by atoms with Gasteiger partial charge >= 0.3 is 11.6 Å². The number of benzene rings is 2. The topological polar surface area (TPSA) is 55.1 Å². The van der Waals surface area contributed by atoms with Gasteiger partial charge in [-0.2, -0.15) is 4.98 Å². The lowest BCUT2D eigenvalue weighted by atomic mass is 10.2. The van der Waals surface area contributed by atoms with Crippen molar-refractivity contribution in [3.63, 3.8) is 0 Å². The summed E-state index contributed by atoms with van der Waals surface area (Å²) < 4.78 is 6.14. The molecule has 3 rings (SSSR count). The summed E-state index contributed by atoms with van der Waals surface area (Å²) in [5.74, 6) is 0. The second-order valence-corrected chi connectivity index (χ2v) is 5.20. The molecule has 3 aromatic rings. The van der Waals surface area contributed by atoms with Gasteiger partial charge in [0.2, 0.25) is 0 Å². The van der Waals surface area contributed by atoms with Crippen molar-refractivity contribution in [3.8, 4) is 0 Å². The molecule has 0 radical (unpaired) electrons. The third kappa shape index (κ3) is 2.60. The van der Waals surface area contributed by atoms with E-state index in [0.717, 1.165) is 9.26 Å². The first-order chi connectivity index (χ1) is 9.22. The molecule has 0 unspecified atom stereocenters. The van der Waals surface area contributed by atoms with Gasteiger partial charge in [0.15, 0.2) is 0 Å². The molecule has 0 bridgehead atoms. The number of hydrogen-bond acceptors (Lipinski definition) is 4. The van der Waals surface area contributed by atoms with Gasteiger partial charge in [0.1, 0.15) is 0 Å². The highest BCUT2D eigenvalue weighted by atomic mass is 127. The van der Waals surface area contributed by atoms with Crippen LogP contribution in [0.2, 0.25) is 0 Å². The predicted molar refractivity (Wildman–Crippen MR) is 82.7 cm³/mol. The largest absolute Gasteiger partial charge is 0.388 e. The molecule has 0 fully saturated rings. The van der Waals surface area contributed by atoms with E-state index >= 15 is 0 Å². The number of nitrogens with zero attached hydrogens (tertiary/aromatic N) is 1. The molecule has 2 aromatic carbocycles. The maximum Gasteiger partial charge on any atom is 0.348 e. The molecule has 19 heavy (non-hydrogen) atoms. The monoisotopic (exact) mass is 364 g/mol.